The summed E-state index contributed by atoms with van der Waals surface area (Å²) in [6.07, 6.45) is -0.213. The number of hydrogen-bond acceptors (Lipinski definition) is 1. The summed E-state index contributed by atoms with van der Waals surface area (Å²) < 4.78 is 13.1. The van der Waals surface area contributed by atoms with Crippen LogP contribution < -0.4 is 0 Å². The molecule has 0 spiro atoms. The lowest BCUT2D eigenvalue weighted by atomic mass is 9.86. The molecule has 21 heavy (non-hydrogen) atoms. The second-order valence-electron chi connectivity index (χ2n) is 6.34. The second kappa shape index (κ2) is 6.17. The van der Waals surface area contributed by atoms with Gasteiger partial charge in [0.1, 0.15) is 5.82 Å². The van der Waals surface area contributed by atoms with Crippen molar-refractivity contribution in [3.63, 3.8) is 0 Å². The van der Waals surface area contributed by atoms with Crippen molar-refractivity contribution in [1.29, 1.82) is 0 Å². The summed E-state index contributed by atoms with van der Waals surface area (Å²) in [5.74, 6) is -0.470. The van der Waals surface area contributed by atoms with Crippen LogP contribution in [0.3, 0.4) is 0 Å². The fourth-order valence-corrected chi connectivity index (χ4v) is 2.39. The molecular formula is C18H20ClFO. The summed E-state index contributed by atoms with van der Waals surface area (Å²) in [6, 6.07) is 12.5. The van der Waals surface area contributed by atoms with E-state index in [0.29, 0.717) is 12.0 Å². The largest absolute Gasteiger partial charge is 0.388 e. The molecule has 1 atom stereocenters. The molecule has 0 amide bonds. The molecule has 0 saturated carbocycles. The van der Waals surface area contributed by atoms with E-state index in [2.05, 4.69) is 32.9 Å². The number of benzene rings is 2. The highest BCUT2D eigenvalue weighted by atomic mass is 35.5. The van der Waals surface area contributed by atoms with E-state index in [-0.39, 0.29) is 10.4 Å². The Balaban J connectivity index is 2.12. The topological polar surface area (TPSA) is 20.2 Å². The van der Waals surface area contributed by atoms with Crippen molar-refractivity contribution in [3.8, 4) is 0 Å². The predicted molar refractivity (Wildman–Crippen MR) is 85.2 cm³/mol. The first-order valence-corrected chi connectivity index (χ1v) is 7.37. The molecule has 0 aliphatic carbocycles. The molecule has 0 radical (unpaired) electrons. The number of aliphatic hydroxyl groups is 1. The van der Waals surface area contributed by atoms with Crippen LogP contribution in [-0.2, 0) is 11.8 Å². The van der Waals surface area contributed by atoms with Gasteiger partial charge in [0.05, 0.1) is 11.1 Å². The van der Waals surface area contributed by atoms with Crippen LogP contribution >= 0.6 is 11.6 Å². The number of rotatable bonds is 3. The molecule has 112 valence electrons. The van der Waals surface area contributed by atoms with E-state index >= 15 is 0 Å². The average Bonchev–Trinajstić information content (AvgIpc) is 2.41. The Morgan fingerprint density at radius 1 is 1.10 bits per heavy atom. The van der Waals surface area contributed by atoms with E-state index in [4.69, 9.17) is 11.6 Å². The van der Waals surface area contributed by atoms with Crippen LogP contribution in [0.4, 0.5) is 4.39 Å². The predicted octanol–water partition coefficient (Wildman–Crippen LogP) is 5.05. The Kier molecular flexibility index (Phi) is 4.70. The minimum absolute atomic E-state index is 0.0367. The van der Waals surface area contributed by atoms with Crippen molar-refractivity contribution in [3.05, 3.63) is 70.0 Å². The van der Waals surface area contributed by atoms with Crippen molar-refractivity contribution >= 4 is 11.6 Å². The molecule has 0 bridgehead atoms. The van der Waals surface area contributed by atoms with Gasteiger partial charge in [-0.2, -0.15) is 0 Å². The fraction of sp³-hybridized carbons (Fsp3) is 0.333. The average molecular weight is 307 g/mol. The van der Waals surface area contributed by atoms with Crippen LogP contribution in [0.2, 0.25) is 5.02 Å². The van der Waals surface area contributed by atoms with E-state index < -0.39 is 11.9 Å². The monoisotopic (exact) mass is 306 g/mol. The van der Waals surface area contributed by atoms with Gasteiger partial charge in [0.2, 0.25) is 0 Å². The molecule has 2 rings (SSSR count). The van der Waals surface area contributed by atoms with Crippen molar-refractivity contribution in [2.24, 2.45) is 0 Å². The molecule has 2 aromatic rings. The molecule has 0 aromatic heterocycles. The first-order valence-electron chi connectivity index (χ1n) is 7.00. The number of hydrogen-bond donors (Lipinski definition) is 1. The van der Waals surface area contributed by atoms with E-state index in [9.17, 15) is 9.50 Å². The summed E-state index contributed by atoms with van der Waals surface area (Å²) in [5.41, 5.74) is 3.03. The standard InChI is InChI=1S/C18H20ClFO/c1-18(2,3)14-7-4-12(5-8-14)10-17(21)13-6-9-16(20)15(19)11-13/h4-9,11,17,21H,10H2,1-3H3. The summed E-state index contributed by atoms with van der Waals surface area (Å²) in [6.45, 7) is 6.49. The highest BCUT2D eigenvalue weighted by Crippen LogP contribution is 2.26. The molecule has 0 fully saturated rings. The number of aliphatic hydroxyl groups excluding tert-OH is 1. The number of halogens is 2. The van der Waals surface area contributed by atoms with Gasteiger partial charge < -0.3 is 5.11 Å². The maximum Gasteiger partial charge on any atom is 0.141 e. The lowest BCUT2D eigenvalue weighted by molar-refractivity contribution is 0.178. The molecule has 1 nitrogen and oxygen atoms in total. The lowest BCUT2D eigenvalue weighted by Gasteiger charge is -2.19. The van der Waals surface area contributed by atoms with E-state index in [1.54, 1.807) is 6.07 Å². The molecule has 0 aliphatic heterocycles. The van der Waals surface area contributed by atoms with Crippen LogP contribution in [0, 0.1) is 5.82 Å². The lowest BCUT2D eigenvalue weighted by Crippen LogP contribution is -2.11. The first kappa shape index (κ1) is 16.0. The Hall–Kier alpha value is -1.38. The Morgan fingerprint density at radius 2 is 1.71 bits per heavy atom. The summed E-state index contributed by atoms with van der Waals surface area (Å²) in [4.78, 5) is 0. The summed E-state index contributed by atoms with van der Waals surface area (Å²) in [5, 5.41) is 10.3. The van der Waals surface area contributed by atoms with Gasteiger partial charge in [-0.15, -0.1) is 0 Å². The highest BCUT2D eigenvalue weighted by Gasteiger charge is 2.14. The zero-order chi connectivity index (χ0) is 15.6. The van der Waals surface area contributed by atoms with Crippen LogP contribution in [0.25, 0.3) is 0 Å². The molecule has 0 aliphatic rings. The Bertz CT molecular complexity index is 614. The smallest absolute Gasteiger partial charge is 0.141 e. The zero-order valence-electron chi connectivity index (χ0n) is 12.5. The quantitative estimate of drug-likeness (QED) is 0.841. The minimum Gasteiger partial charge on any atom is -0.388 e. The van der Waals surface area contributed by atoms with Crippen molar-refractivity contribution < 1.29 is 9.50 Å². The molecule has 0 heterocycles. The molecule has 1 unspecified atom stereocenters. The van der Waals surface area contributed by atoms with Crippen LogP contribution in [0.1, 0.15) is 43.6 Å². The van der Waals surface area contributed by atoms with Crippen LogP contribution in [0.15, 0.2) is 42.5 Å². The van der Waals surface area contributed by atoms with Gasteiger partial charge in [0.15, 0.2) is 0 Å². The normalized spacial score (nSPS) is 13.2. The maximum absolute atomic E-state index is 13.1. The molecular weight excluding hydrogens is 287 g/mol. The third kappa shape index (κ3) is 4.05. The SMILES string of the molecule is CC(C)(C)c1ccc(CC(O)c2ccc(F)c(Cl)c2)cc1. The van der Waals surface area contributed by atoms with Crippen LogP contribution in [0.5, 0.6) is 0 Å². The fourth-order valence-electron chi connectivity index (χ4n) is 2.20. The van der Waals surface area contributed by atoms with Crippen molar-refractivity contribution in [2.45, 2.75) is 38.7 Å². The van der Waals surface area contributed by atoms with Crippen molar-refractivity contribution in [1.82, 2.24) is 0 Å². The summed E-state index contributed by atoms with van der Waals surface area (Å²) in [7, 11) is 0. The Labute approximate surface area is 130 Å². The van der Waals surface area contributed by atoms with Gasteiger partial charge in [0.25, 0.3) is 0 Å². The molecule has 1 N–H and O–H groups in total. The van der Waals surface area contributed by atoms with Gasteiger partial charge in [-0.05, 0) is 34.2 Å². The van der Waals surface area contributed by atoms with Gasteiger partial charge in [-0.1, -0.05) is 62.7 Å². The molecule has 3 heteroatoms. The maximum atomic E-state index is 13.1. The zero-order valence-corrected chi connectivity index (χ0v) is 13.3. The second-order valence-corrected chi connectivity index (χ2v) is 6.75. The molecule has 0 saturated heterocycles. The van der Waals surface area contributed by atoms with Gasteiger partial charge >= 0.3 is 0 Å². The van der Waals surface area contributed by atoms with E-state index in [0.717, 1.165) is 5.56 Å². The van der Waals surface area contributed by atoms with Gasteiger partial charge in [-0.3, -0.25) is 0 Å². The van der Waals surface area contributed by atoms with E-state index in [1.807, 2.05) is 12.1 Å². The third-order valence-electron chi connectivity index (χ3n) is 3.58. The summed E-state index contributed by atoms with van der Waals surface area (Å²) >= 11 is 5.75. The van der Waals surface area contributed by atoms with E-state index in [1.165, 1.54) is 17.7 Å². The van der Waals surface area contributed by atoms with Gasteiger partial charge in [-0.25, -0.2) is 4.39 Å². The van der Waals surface area contributed by atoms with Crippen LogP contribution in [-0.4, -0.2) is 5.11 Å². The van der Waals surface area contributed by atoms with Crippen molar-refractivity contribution in [2.75, 3.05) is 0 Å². The highest BCUT2D eigenvalue weighted by molar-refractivity contribution is 6.30. The minimum atomic E-state index is -0.691. The third-order valence-corrected chi connectivity index (χ3v) is 3.87. The van der Waals surface area contributed by atoms with Gasteiger partial charge in [0, 0.05) is 6.42 Å². The Morgan fingerprint density at radius 3 is 2.24 bits per heavy atom. The molecule has 2 aromatic carbocycles. The first-order chi connectivity index (χ1) is 9.77.